The molecule has 0 aliphatic heterocycles. The minimum atomic E-state index is -0.188. The van der Waals surface area contributed by atoms with E-state index in [-0.39, 0.29) is 18.0 Å². The zero-order valence-corrected chi connectivity index (χ0v) is 10.3. The van der Waals surface area contributed by atoms with E-state index in [2.05, 4.69) is 15.6 Å². The minimum absolute atomic E-state index is 0.00286. The number of aryl methyl sites for hydroxylation is 1. The Morgan fingerprint density at radius 3 is 2.67 bits per heavy atom. The van der Waals surface area contributed by atoms with Crippen LogP contribution in [0.25, 0.3) is 0 Å². The van der Waals surface area contributed by atoms with Crippen molar-refractivity contribution in [3.8, 4) is 0 Å². The molecule has 0 aliphatic rings. The van der Waals surface area contributed by atoms with Gasteiger partial charge in [0.25, 0.3) is 0 Å². The van der Waals surface area contributed by atoms with Gasteiger partial charge < -0.3 is 5.32 Å². The van der Waals surface area contributed by atoms with Crippen LogP contribution in [0.1, 0.15) is 29.8 Å². The highest BCUT2D eigenvalue weighted by Crippen LogP contribution is 2.20. The Morgan fingerprint density at radius 2 is 2.20 bits per heavy atom. The van der Waals surface area contributed by atoms with Crippen LogP contribution in [0.2, 0.25) is 0 Å². The van der Waals surface area contributed by atoms with Crippen molar-refractivity contribution in [3.05, 3.63) is 16.1 Å². The number of hydrogen-bond acceptors (Lipinski definition) is 4. The zero-order chi connectivity index (χ0) is 11.4. The first-order valence-electron chi connectivity index (χ1n) is 4.94. The average molecular weight is 227 g/mol. The van der Waals surface area contributed by atoms with Gasteiger partial charge in [0.05, 0.1) is 11.0 Å². The Hall–Kier alpha value is -0.940. The minimum Gasteiger partial charge on any atom is -0.358 e. The lowest BCUT2D eigenvalue weighted by Gasteiger charge is -2.17. The molecular formula is C10H17N3OS. The van der Waals surface area contributed by atoms with Gasteiger partial charge in [-0.25, -0.2) is 4.98 Å². The predicted molar refractivity (Wildman–Crippen MR) is 61.9 cm³/mol. The van der Waals surface area contributed by atoms with E-state index in [1.54, 1.807) is 18.4 Å². The average Bonchev–Trinajstić information content (AvgIpc) is 2.63. The highest BCUT2D eigenvalue weighted by molar-refractivity contribution is 7.11. The van der Waals surface area contributed by atoms with Gasteiger partial charge >= 0.3 is 0 Å². The van der Waals surface area contributed by atoms with Gasteiger partial charge in [-0.1, -0.05) is 0 Å². The maximum absolute atomic E-state index is 11.3. The second-order valence-corrected chi connectivity index (χ2v) is 4.77. The summed E-state index contributed by atoms with van der Waals surface area (Å²) in [6, 6.07) is -0.0316. The van der Waals surface area contributed by atoms with Crippen LogP contribution < -0.4 is 10.6 Å². The van der Waals surface area contributed by atoms with Crippen molar-refractivity contribution in [2.75, 3.05) is 7.05 Å². The number of aromatic nitrogens is 1. The van der Waals surface area contributed by atoms with Gasteiger partial charge in [0, 0.05) is 24.2 Å². The zero-order valence-electron chi connectivity index (χ0n) is 9.50. The number of thiazole rings is 1. The summed E-state index contributed by atoms with van der Waals surface area (Å²) in [5, 5.41) is 6.88. The van der Waals surface area contributed by atoms with E-state index in [1.165, 1.54) is 0 Å². The molecule has 0 saturated heterocycles. The van der Waals surface area contributed by atoms with Crippen LogP contribution in [-0.4, -0.2) is 24.0 Å². The number of amides is 1. The smallest absolute Gasteiger partial charge is 0.236 e. The maximum atomic E-state index is 11.3. The Morgan fingerprint density at radius 1 is 1.53 bits per heavy atom. The molecule has 0 fully saturated rings. The summed E-state index contributed by atoms with van der Waals surface area (Å²) in [4.78, 5) is 16.6. The third kappa shape index (κ3) is 3.28. The van der Waals surface area contributed by atoms with E-state index in [0.29, 0.717) is 0 Å². The van der Waals surface area contributed by atoms with E-state index in [4.69, 9.17) is 0 Å². The predicted octanol–water partition coefficient (Wildman–Crippen LogP) is 1.24. The quantitative estimate of drug-likeness (QED) is 0.813. The molecule has 1 aromatic heterocycles. The van der Waals surface area contributed by atoms with Gasteiger partial charge in [-0.2, -0.15) is 0 Å². The molecule has 15 heavy (non-hydrogen) atoms. The molecule has 1 heterocycles. The van der Waals surface area contributed by atoms with E-state index in [0.717, 1.165) is 9.88 Å². The topological polar surface area (TPSA) is 54.0 Å². The fourth-order valence-corrected chi connectivity index (χ4v) is 2.12. The van der Waals surface area contributed by atoms with Crippen LogP contribution in [0.3, 0.4) is 0 Å². The van der Waals surface area contributed by atoms with Crippen LogP contribution in [0.4, 0.5) is 0 Å². The van der Waals surface area contributed by atoms with Crippen molar-refractivity contribution in [1.82, 2.24) is 15.6 Å². The summed E-state index contributed by atoms with van der Waals surface area (Å²) in [5.41, 5.74) is 0. The molecule has 5 heteroatoms. The SMILES string of the molecule is CNC(=O)[C@@H](C)NC(C)c1cnc(C)s1. The lowest BCUT2D eigenvalue weighted by atomic mass is 10.2. The molecule has 4 nitrogen and oxygen atoms in total. The molecular weight excluding hydrogens is 210 g/mol. The van der Waals surface area contributed by atoms with Gasteiger partial charge in [0.2, 0.25) is 5.91 Å². The summed E-state index contributed by atoms with van der Waals surface area (Å²) in [6.07, 6.45) is 1.86. The summed E-state index contributed by atoms with van der Waals surface area (Å²) in [5.74, 6) is 0.00286. The van der Waals surface area contributed by atoms with Crippen molar-refractivity contribution in [1.29, 1.82) is 0 Å². The molecule has 0 radical (unpaired) electrons. The first-order chi connectivity index (χ1) is 7.04. The Bertz CT molecular complexity index is 337. The third-order valence-corrected chi connectivity index (χ3v) is 3.30. The molecule has 0 aromatic carbocycles. The summed E-state index contributed by atoms with van der Waals surface area (Å²) >= 11 is 1.65. The fourth-order valence-electron chi connectivity index (χ4n) is 1.33. The largest absolute Gasteiger partial charge is 0.358 e. The Kier molecular flexibility index (Phi) is 4.23. The summed E-state index contributed by atoms with van der Waals surface area (Å²) in [6.45, 7) is 5.86. The molecule has 84 valence electrons. The summed E-state index contributed by atoms with van der Waals surface area (Å²) < 4.78 is 0. The molecule has 0 bridgehead atoms. The Labute approximate surface area is 94.1 Å². The number of hydrogen-bond donors (Lipinski definition) is 2. The molecule has 1 amide bonds. The Balaban J connectivity index is 2.55. The lowest BCUT2D eigenvalue weighted by molar-refractivity contribution is -0.122. The van der Waals surface area contributed by atoms with Crippen LogP contribution >= 0.6 is 11.3 Å². The van der Waals surface area contributed by atoms with Crippen molar-refractivity contribution in [2.24, 2.45) is 0 Å². The van der Waals surface area contributed by atoms with Gasteiger partial charge in [-0.15, -0.1) is 11.3 Å². The van der Waals surface area contributed by atoms with Gasteiger partial charge in [-0.3, -0.25) is 10.1 Å². The van der Waals surface area contributed by atoms with E-state index in [9.17, 15) is 4.79 Å². The number of rotatable bonds is 4. The number of nitrogens with zero attached hydrogens (tertiary/aromatic N) is 1. The van der Waals surface area contributed by atoms with E-state index in [1.807, 2.05) is 27.0 Å². The van der Waals surface area contributed by atoms with Crippen LogP contribution in [0.15, 0.2) is 6.20 Å². The van der Waals surface area contributed by atoms with E-state index >= 15 is 0 Å². The van der Waals surface area contributed by atoms with Crippen molar-refractivity contribution in [3.63, 3.8) is 0 Å². The van der Waals surface area contributed by atoms with Gasteiger partial charge in [-0.05, 0) is 20.8 Å². The number of carbonyl (C=O) groups is 1. The third-order valence-electron chi connectivity index (χ3n) is 2.21. The van der Waals surface area contributed by atoms with Crippen molar-refractivity contribution < 1.29 is 4.79 Å². The highest BCUT2D eigenvalue weighted by Gasteiger charge is 2.15. The summed E-state index contributed by atoms with van der Waals surface area (Å²) in [7, 11) is 1.64. The first-order valence-corrected chi connectivity index (χ1v) is 5.76. The highest BCUT2D eigenvalue weighted by atomic mass is 32.1. The van der Waals surface area contributed by atoms with Gasteiger partial charge in [0.1, 0.15) is 0 Å². The molecule has 0 spiro atoms. The van der Waals surface area contributed by atoms with Crippen LogP contribution in [0.5, 0.6) is 0 Å². The normalized spacial score (nSPS) is 14.7. The molecule has 0 saturated carbocycles. The first kappa shape index (κ1) is 12.1. The standard InChI is InChI=1S/C10H17N3OS/c1-6(9-5-12-8(3)15-9)13-7(2)10(14)11-4/h5-7,13H,1-4H3,(H,11,14)/t6?,7-/m1/s1. The second kappa shape index (κ2) is 5.23. The fraction of sp³-hybridized carbons (Fsp3) is 0.600. The lowest BCUT2D eigenvalue weighted by Crippen LogP contribution is -2.41. The molecule has 1 rings (SSSR count). The molecule has 1 aromatic rings. The molecule has 1 unspecified atom stereocenters. The van der Waals surface area contributed by atoms with Crippen LogP contribution in [0, 0.1) is 6.92 Å². The van der Waals surface area contributed by atoms with Gasteiger partial charge in [0.15, 0.2) is 0 Å². The number of likely N-dealkylation sites (N-methyl/N-ethyl adjacent to an activating group) is 1. The second-order valence-electron chi connectivity index (χ2n) is 3.51. The number of nitrogens with one attached hydrogen (secondary N) is 2. The van der Waals surface area contributed by atoms with Crippen molar-refractivity contribution in [2.45, 2.75) is 32.9 Å². The monoisotopic (exact) mass is 227 g/mol. The molecule has 0 aliphatic carbocycles. The van der Waals surface area contributed by atoms with Crippen molar-refractivity contribution >= 4 is 17.2 Å². The van der Waals surface area contributed by atoms with E-state index < -0.39 is 0 Å². The number of carbonyl (C=O) groups excluding carboxylic acids is 1. The molecule has 2 N–H and O–H groups in total. The van der Waals surface area contributed by atoms with Crippen LogP contribution in [-0.2, 0) is 4.79 Å². The maximum Gasteiger partial charge on any atom is 0.236 e. The molecule has 2 atom stereocenters.